The van der Waals surface area contributed by atoms with E-state index in [1.54, 1.807) is 0 Å². The summed E-state index contributed by atoms with van der Waals surface area (Å²) < 4.78 is 0. The number of rotatable bonds is 3. The van der Waals surface area contributed by atoms with E-state index in [2.05, 4.69) is 32.6 Å². The summed E-state index contributed by atoms with van der Waals surface area (Å²) in [7, 11) is 0. The van der Waals surface area contributed by atoms with Gasteiger partial charge in [-0.05, 0) is 27.2 Å². The van der Waals surface area contributed by atoms with Gasteiger partial charge in [0.05, 0.1) is 0 Å². The maximum Gasteiger partial charge on any atom is -0.0136 e. The molecule has 0 aliphatic heterocycles. The standard InChI is InChI=1S/C10H16/c1-5-7-8-10(4)9(3)6-2/h5-7H,2,8H2,1,3-4H3/b7-5+,10-9+. The van der Waals surface area contributed by atoms with Crippen molar-refractivity contribution in [3.05, 3.63) is 36.0 Å². The monoisotopic (exact) mass is 136 g/mol. The molecule has 0 bridgehead atoms. The lowest BCUT2D eigenvalue weighted by Gasteiger charge is -1.97. The van der Waals surface area contributed by atoms with Gasteiger partial charge in [0, 0.05) is 0 Å². The van der Waals surface area contributed by atoms with Crippen LogP contribution in [0.15, 0.2) is 36.0 Å². The summed E-state index contributed by atoms with van der Waals surface area (Å²) in [4.78, 5) is 0. The zero-order valence-electron chi connectivity index (χ0n) is 7.15. The first-order valence-corrected chi connectivity index (χ1v) is 3.62. The molecule has 10 heavy (non-hydrogen) atoms. The minimum Gasteiger partial charge on any atom is -0.0988 e. The maximum absolute atomic E-state index is 3.71. The lowest BCUT2D eigenvalue weighted by Crippen LogP contribution is -1.77. The molecule has 0 saturated carbocycles. The van der Waals surface area contributed by atoms with Crippen molar-refractivity contribution in [3.8, 4) is 0 Å². The van der Waals surface area contributed by atoms with Gasteiger partial charge in [0.25, 0.3) is 0 Å². The van der Waals surface area contributed by atoms with E-state index in [1.165, 1.54) is 11.1 Å². The van der Waals surface area contributed by atoms with E-state index in [0.717, 1.165) is 6.42 Å². The van der Waals surface area contributed by atoms with Crippen molar-refractivity contribution in [1.82, 2.24) is 0 Å². The highest BCUT2D eigenvalue weighted by molar-refractivity contribution is 5.21. The Morgan fingerprint density at radius 3 is 2.40 bits per heavy atom. The molecule has 0 amide bonds. The molecular weight excluding hydrogens is 120 g/mol. The Kier molecular flexibility index (Phi) is 4.65. The maximum atomic E-state index is 3.71. The average molecular weight is 136 g/mol. The van der Waals surface area contributed by atoms with Crippen LogP contribution in [-0.2, 0) is 0 Å². The molecule has 0 aromatic heterocycles. The fourth-order valence-electron chi connectivity index (χ4n) is 0.630. The predicted molar refractivity (Wildman–Crippen MR) is 48.0 cm³/mol. The Balaban J connectivity index is 4.04. The molecule has 56 valence electrons. The first-order valence-electron chi connectivity index (χ1n) is 3.62. The molecule has 0 spiro atoms. The number of hydrogen-bond donors (Lipinski definition) is 0. The SMILES string of the molecule is C=C/C(C)=C(\C)C/C=C/C. The molecule has 0 aliphatic carbocycles. The van der Waals surface area contributed by atoms with Gasteiger partial charge in [0.1, 0.15) is 0 Å². The van der Waals surface area contributed by atoms with Gasteiger partial charge >= 0.3 is 0 Å². The molecule has 0 aromatic rings. The Hall–Kier alpha value is -0.780. The van der Waals surface area contributed by atoms with Crippen LogP contribution < -0.4 is 0 Å². The second-order valence-corrected chi connectivity index (χ2v) is 2.44. The smallest absolute Gasteiger partial charge is 0.0136 e. The zero-order chi connectivity index (χ0) is 7.98. The summed E-state index contributed by atoms with van der Waals surface area (Å²) in [5, 5.41) is 0. The quantitative estimate of drug-likeness (QED) is 0.411. The Morgan fingerprint density at radius 2 is 2.00 bits per heavy atom. The second-order valence-electron chi connectivity index (χ2n) is 2.44. The largest absolute Gasteiger partial charge is 0.0988 e. The summed E-state index contributed by atoms with van der Waals surface area (Å²) in [6, 6.07) is 0. The zero-order valence-corrected chi connectivity index (χ0v) is 7.15. The van der Waals surface area contributed by atoms with E-state index in [0.29, 0.717) is 0 Å². The topological polar surface area (TPSA) is 0 Å². The van der Waals surface area contributed by atoms with Crippen molar-refractivity contribution in [1.29, 1.82) is 0 Å². The third-order valence-electron chi connectivity index (χ3n) is 1.64. The molecule has 0 heteroatoms. The molecule has 0 aromatic carbocycles. The summed E-state index contributed by atoms with van der Waals surface area (Å²) in [5.41, 5.74) is 2.69. The van der Waals surface area contributed by atoms with Gasteiger partial charge in [-0.3, -0.25) is 0 Å². The van der Waals surface area contributed by atoms with Crippen LogP contribution >= 0.6 is 0 Å². The van der Waals surface area contributed by atoms with E-state index in [9.17, 15) is 0 Å². The van der Waals surface area contributed by atoms with E-state index >= 15 is 0 Å². The molecule has 0 heterocycles. The predicted octanol–water partition coefficient (Wildman–Crippen LogP) is 3.48. The molecule has 0 unspecified atom stereocenters. The minimum absolute atomic E-state index is 1.05. The van der Waals surface area contributed by atoms with Crippen LogP contribution in [0.25, 0.3) is 0 Å². The summed E-state index contributed by atoms with van der Waals surface area (Å²) >= 11 is 0. The molecule has 0 rings (SSSR count). The molecule has 0 N–H and O–H groups in total. The summed E-state index contributed by atoms with van der Waals surface area (Å²) in [5.74, 6) is 0. The molecule has 0 saturated heterocycles. The average Bonchev–Trinajstić information content (AvgIpc) is 1.98. The van der Waals surface area contributed by atoms with Gasteiger partial charge in [0.2, 0.25) is 0 Å². The van der Waals surface area contributed by atoms with Gasteiger partial charge in [-0.15, -0.1) is 0 Å². The highest BCUT2D eigenvalue weighted by Gasteiger charge is 1.87. The van der Waals surface area contributed by atoms with E-state index in [-0.39, 0.29) is 0 Å². The molecule has 0 nitrogen and oxygen atoms in total. The third-order valence-corrected chi connectivity index (χ3v) is 1.64. The molecule has 0 aliphatic rings. The number of allylic oxidation sites excluding steroid dienone is 5. The van der Waals surface area contributed by atoms with Gasteiger partial charge in [0.15, 0.2) is 0 Å². The van der Waals surface area contributed by atoms with E-state index in [1.807, 2.05) is 13.0 Å². The lowest BCUT2D eigenvalue weighted by atomic mass is 10.1. The van der Waals surface area contributed by atoms with Gasteiger partial charge < -0.3 is 0 Å². The Labute approximate surface area is 64.0 Å². The minimum atomic E-state index is 1.05. The number of hydrogen-bond acceptors (Lipinski definition) is 0. The van der Waals surface area contributed by atoms with Crippen molar-refractivity contribution in [3.63, 3.8) is 0 Å². The highest BCUT2D eigenvalue weighted by Crippen LogP contribution is 2.08. The van der Waals surface area contributed by atoms with Gasteiger partial charge in [-0.1, -0.05) is 36.0 Å². The highest BCUT2D eigenvalue weighted by atomic mass is 13.9. The van der Waals surface area contributed by atoms with Gasteiger partial charge in [-0.25, -0.2) is 0 Å². The Bertz CT molecular complexity index is 159. The lowest BCUT2D eigenvalue weighted by molar-refractivity contribution is 1.16. The van der Waals surface area contributed by atoms with Crippen LogP contribution in [0.4, 0.5) is 0 Å². The molecule has 0 fully saturated rings. The fourth-order valence-corrected chi connectivity index (χ4v) is 0.630. The van der Waals surface area contributed by atoms with Crippen molar-refractivity contribution >= 4 is 0 Å². The fraction of sp³-hybridized carbons (Fsp3) is 0.400. The van der Waals surface area contributed by atoms with Crippen LogP contribution in [0.3, 0.4) is 0 Å². The van der Waals surface area contributed by atoms with Crippen LogP contribution in [0.5, 0.6) is 0 Å². The first kappa shape index (κ1) is 9.22. The second kappa shape index (κ2) is 5.04. The molecule has 0 atom stereocenters. The molecular formula is C10H16. The van der Waals surface area contributed by atoms with Crippen molar-refractivity contribution in [2.45, 2.75) is 27.2 Å². The van der Waals surface area contributed by atoms with Crippen molar-refractivity contribution in [2.24, 2.45) is 0 Å². The normalized spacial score (nSPS) is 13.5. The van der Waals surface area contributed by atoms with Crippen LogP contribution in [0.2, 0.25) is 0 Å². The van der Waals surface area contributed by atoms with E-state index < -0.39 is 0 Å². The van der Waals surface area contributed by atoms with Crippen LogP contribution in [0, 0.1) is 0 Å². The Morgan fingerprint density at radius 1 is 1.40 bits per heavy atom. The summed E-state index contributed by atoms with van der Waals surface area (Å²) in [6.07, 6.45) is 7.18. The van der Waals surface area contributed by atoms with Crippen LogP contribution in [0.1, 0.15) is 27.2 Å². The van der Waals surface area contributed by atoms with Gasteiger partial charge in [-0.2, -0.15) is 0 Å². The van der Waals surface area contributed by atoms with E-state index in [4.69, 9.17) is 0 Å². The summed E-state index contributed by atoms with van der Waals surface area (Å²) in [6.45, 7) is 9.97. The van der Waals surface area contributed by atoms with Crippen molar-refractivity contribution < 1.29 is 0 Å². The first-order chi connectivity index (χ1) is 4.72. The van der Waals surface area contributed by atoms with Crippen LogP contribution in [-0.4, -0.2) is 0 Å². The molecule has 0 radical (unpaired) electrons. The third kappa shape index (κ3) is 3.29. The van der Waals surface area contributed by atoms with Crippen molar-refractivity contribution in [2.75, 3.05) is 0 Å².